The number of aliphatic imine (C=N–C) groups is 1. The van der Waals surface area contributed by atoms with Gasteiger partial charge in [0.25, 0.3) is 0 Å². The van der Waals surface area contributed by atoms with E-state index in [0.717, 1.165) is 22.6 Å². The molecule has 0 aliphatic rings. The Kier molecular flexibility index (Phi) is 5.33. The molecule has 17 heavy (non-hydrogen) atoms. The first kappa shape index (κ1) is 13.4. The molecule has 0 bridgehead atoms. The Morgan fingerprint density at radius 3 is 2.82 bits per heavy atom. The topological polar surface area (TPSA) is 60.8 Å². The van der Waals surface area contributed by atoms with Crippen LogP contribution in [-0.2, 0) is 22.6 Å². The highest BCUT2D eigenvalue weighted by atomic mass is 16.5. The second-order valence-electron chi connectivity index (χ2n) is 3.54. The fraction of sp³-hybridized carbons (Fsp3) is 0.500. The number of ether oxygens (including phenoxy) is 2. The van der Waals surface area contributed by atoms with Crippen molar-refractivity contribution in [1.29, 1.82) is 0 Å². The lowest BCUT2D eigenvalue weighted by molar-refractivity contribution is 0.183. The van der Waals surface area contributed by atoms with E-state index in [1.807, 2.05) is 6.92 Å². The second kappa shape index (κ2) is 6.78. The summed E-state index contributed by atoms with van der Waals surface area (Å²) >= 11 is 0. The van der Waals surface area contributed by atoms with Gasteiger partial charge in [-0.1, -0.05) is 0 Å². The van der Waals surface area contributed by atoms with E-state index < -0.39 is 0 Å². The first-order chi connectivity index (χ1) is 8.24. The van der Waals surface area contributed by atoms with Gasteiger partial charge < -0.3 is 9.47 Å². The molecule has 1 rings (SSSR count). The van der Waals surface area contributed by atoms with Crippen molar-refractivity contribution in [2.75, 3.05) is 20.8 Å². The van der Waals surface area contributed by atoms with Crippen LogP contribution in [0.3, 0.4) is 0 Å². The van der Waals surface area contributed by atoms with Crippen molar-refractivity contribution in [3.63, 3.8) is 0 Å². The molecule has 1 heterocycles. The van der Waals surface area contributed by atoms with E-state index in [4.69, 9.17) is 9.47 Å². The van der Waals surface area contributed by atoms with Crippen molar-refractivity contribution >= 4 is 6.08 Å². The maximum atomic E-state index is 10.1. The minimum Gasteiger partial charge on any atom is -0.495 e. The van der Waals surface area contributed by atoms with Crippen LogP contribution in [0.4, 0.5) is 0 Å². The molecule has 1 aromatic heterocycles. The predicted octanol–water partition coefficient (Wildman–Crippen LogP) is 1.42. The SMILES string of the molecule is COCc1cnc(C)c(OC)c1CCN=C=O. The molecule has 92 valence electrons. The zero-order chi connectivity index (χ0) is 12.7. The van der Waals surface area contributed by atoms with Gasteiger partial charge in [-0.2, -0.15) is 0 Å². The Morgan fingerprint density at radius 1 is 1.47 bits per heavy atom. The van der Waals surface area contributed by atoms with Gasteiger partial charge in [0.05, 0.1) is 26.0 Å². The molecule has 0 aliphatic carbocycles. The minimum absolute atomic E-state index is 0.389. The fourth-order valence-corrected chi connectivity index (χ4v) is 1.71. The van der Waals surface area contributed by atoms with Crippen LogP contribution in [0.25, 0.3) is 0 Å². The third-order valence-corrected chi connectivity index (χ3v) is 2.45. The smallest absolute Gasteiger partial charge is 0.234 e. The molecule has 5 nitrogen and oxygen atoms in total. The first-order valence-corrected chi connectivity index (χ1v) is 5.28. The molecule has 0 spiro atoms. The molecule has 5 heteroatoms. The van der Waals surface area contributed by atoms with Gasteiger partial charge in [0.1, 0.15) is 5.75 Å². The van der Waals surface area contributed by atoms with E-state index in [1.165, 1.54) is 6.08 Å². The van der Waals surface area contributed by atoms with Crippen LogP contribution >= 0.6 is 0 Å². The predicted molar refractivity (Wildman–Crippen MR) is 62.9 cm³/mol. The molecular formula is C12H16N2O3. The zero-order valence-corrected chi connectivity index (χ0v) is 10.3. The maximum absolute atomic E-state index is 10.1. The molecule has 0 atom stereocenters. The number of hydrogen-bond donors (Lipinski definition) is 0. The highest BCUT2D eigenvalue weighted by molar-refractivity contribution is 5.42. The summed E-state index contributed by atoms with van der Waals surface area (Å²) in [6, 6.07) is 0. The molecule has 0 aliphatic heterocycles. The first-order valence-electron chi connectivity index (χ1n) is 5.28. The molecule has 0 saturated carbocycles. The molecule has 0 fully saturated rings. The van der Waals surface area contributed by atoms with Gasteiger partial charge in [-0.25, -0.2) is 9.79 Å². The summed E-state index contributed by atoms with van der Waals surface area (Å²) in [6.45, 7) is 2.73. The van der Waals surface area contributed by atoms with Crippen LogP contribution in [0.2, 0.25) is 0 Å². The monoisotopic (exact) mass is 236 g/mol. The number of isocyanates is 1. The van der Waals surface area contributed by atoms with E-state index in [9.17, 15) is 4.79 Å². The van der Waals surface area contributed by atoms with E-state index in [1.54, 1.807) is 20.4 Å². The van der Waals surface area contributed by atoms with E-state index in [-0.39, 0.29) is 0 Å². The third kappa shape index (κ3) is 3.37. The van der Waals surface area contributed by atoms with Gasteiger partial charge in [-0.05, 0) is 13.3 Å². The van der Waals surface area contributed by atoms with Crippen molar-refractivity contribution in [1.82, 2.24) is 4.98 Å². The van der Waals surface area contributed by atoms with Crippen molar-refractivity contribution < 1.29 is 14.3 Å². The fourth-order valence-electron chi connectivity index (χ4n) is 1.71. The van der Waals surface area contributed by atoms with Crippen LogP contribution in [0, 0.1) is 6.92 Å². The number of nitrogens with zero attached hydrogens (tertiary/aromatic N) is 2. The lowest BCUT2D eigenvalue weighted by Gasteiger charge is -2.14. The summed E-state index contributed by atoms with van der Waals surface area (Å²) in [7, 11) is 3.23. The highest BCUT2D eigenvalue weighted by Gasteiger charge is 2.12. The molecule has 0 saturated heterocycles. The molecule has 0 N–H and O–H groups in total. The highest BCUT2D eigenvalue weighted by Crippen LogP contribution is 2.26. The van der Waals surface area contributed by atoms with Crippen LogP contribution in [0.5, 0.6) is 5.75 Å². The number of carbonyl (C=O) groups excluding carboxylic acids is 1. The molecule has 0 radical (unpaired) electrons. The largest absolute Gasteiger partial charge is 0.495 e. The number of aryl methyl sites for hydroxylation is 1. The summed E-state index contributed by atoms with van der Waals surface area (Å²) in [6.07, 6.45) is 3.91. The Bertz CT molecular complexity index is 426. The quantitative estimate of drug-likeness (QED) is 0.553. The Balaban J connectivity index is 3.08. The Morgan fingerprint density at radius 2 is 2.24 bits per heavy atom. The molecule has 0 unspecified atom stereocenters. The standard InChI is InChI=1S/C12H16N2O3/c1-9-12(17-3)11(4-5-13-8-15)10(6-14-9)7-16-2/h6H,4-5,7H2,1-3H3. The zero-order valence-electron chi connectivity index (χ0n) is 10.3. The number of pyridine rings is 1. The minimum atomic E-state index is 0.389. The van der Waals surface area contributed by atoms with Crippen molar-refractivity contribution in [3.05, 3.63) is 23.0 Å². The lowest BCUT2D eigenvalue weighted by atomic mass is 10.0. The van der Waals surface area contributed by atoms with Crippen LogP contribution < -0.4 is 4.74 Å². The van der Waals surface area contributed by atoms with Crippen LogP contribution in [0.1, 0.15) is 16.8 Å². The number of rotatable bonds is 6. The summed E-state index contributed by atoms with van der Waals surface area (Å²) in [4.78, 5) is 17.9. The third-order valence-electron chi connectivity index (χ3n) is 2.45. The lowest BCUT2D eigenvalue weighted by Crippen LogP contribution is -2.05. The Labute approximate surface area is 100 Å². The molecule has 0 amide bonds. The average Bonchev–Trinajstić information content (AvgIpc) is 2.33. The summed E-state index contributed by atoms with van der Waals surface area (Å²) in [5.41, 5.74) is 2.76. The van der Waals surface area contributed by atoms with Crippen molar-refractivity contribution in [2.24, 2.45) is 4.99 Å². The van der Waals surface area contributed by atoms with E-state index >= 15 is 0 Å². The number of hydrogen-bond acceptors (Lipinski definition) is 5. The van der Waals surface area contributed by atoms with Gasteiger partial charge >= 0.3 is 0 Å². The summed E-state index contributed by atoms with van der Waals surface area (Å²) in [5.74, 6) is 0.737. The van der Waals surface area contributed by atoms with E-state index in [2.05, 4.69) is 9.98 Å². The van der Waals surface area contributed by atoms with Gasteiger partial charge in [0, 0.05) is 24.4 Å². The number of methoxy groups -OCH3 is 2. The average molecular weight is 236 g/mol. The normalized spacial score (nSPS) is 9.82. The van der Waals surface area contributed by atoms with E-state index in [0.29, 0.717) is 19.6 Å². The summed E-state index contributed by atoms with van der Waals surface area (Å²) in [5, 5.41) is 0. The number of aromatic nitrogens is 1. The molecule has 0 aromatic carbocycles. The Hall–Kier alpha value is -1.71. The molecule has 1 aromatic rings. The summed E-state index contributed by atoms with van der Waals surface area (Å²) < 4.78 is 10.4. The van der Waals surface area contributed by atoms with Gasteiger partial charge in [0.15, 0.2) is 0 Å². The van der Waals surface area contributed by atoms with Crippen LogP contribution in [0.15, 0.2) is 11.2 Å². The van der Waals surface area contributed by atoms with Gasteiger partial charge in [0.2, 0.25) is 6.08 Å². The maximum Gasteiger partial charge on any atom is 0.234 e. The van der Waals surface area contributed by atoms with Crippen molar-refractivity contribution in [2.45, 2.75) is 20.0 Å². The van der Waals surface area contributed by atoms with Crippen molar-refractivity contribution in [3.8, 4) is 5.75 Å². The molecular weight excluding hydrogens is 220 g/mol. The van der Waals surface area contributed by atoms with Gasteiger partial charge in [-0.3, -0.25) is 4.98 Å². The second-order valence-corrected chi connectivity index (χ2v) is 3.54. The van der Waals surface area contributed by atoms with Crippen LogP contribution in [-0.4, -0.2) is 31.8 Å². The van der Waals surface area contributed by atoms with Gasteiger partial charge in [-0.15, -0.1) is 0 Å².